The molecule has 49 heavy (non-hydrogen) atoms. The van der Waals surface area contributed by atoms with Crippen molar-refractivity contribution in [3.63, 3.8) is 0 Å². The van der Waals surface area contributed by atoms with Gasteiger partial charge in [-0.1, -0.05) is 115 Å². The normalized spacial score (nSPS) is 11.7. The summed E-state index contributed by atoms with van der Waals surface area (Å²) in [6.07, 6.45) is 0. The molecule has 3 heteroatoms. The van der Waals surface area contributed by atoms with Crippen LogP contribution >= 0.6 is 22.7 Å². The lowest BCUT2D eigenvalue weighted by atomic mass is 9.98. The van der Waals surface area contributed by atoms with Crippen molar-refractivity contribution in [3.05, 3.63) is 176 Å². The molecule has 0 aliphatic rings. The number of nitrogens with zero attached hydrogens (tertiary/aromatic N) is 1. The Morgan fingerprint density at radius 2 is 0.898 bits per heavy atom. The van der Waals surface area contributed by atoms with Gasteiger partial charge in [0.25, 0.3) is 0 Å². The molecule has 0 saturated heterocycles. The van der Waals surface area contributed by atoms with E-state index in [1.54, 1.807) is 0 Å². The number of anilines is 3. The molecule has 230 valence electrons. The second kappa shape index (κ2) is 11.5. The van der Waals surface area contributed by atoms with Gasteiger partial charge in [0, 0.05) is 57.4 Å². The lowest BCUT2D eigenvalue weighted by molar-refractivity contribution is 1.29. The SMILES string of the molecule is c1ccc(-c2ccc(N(c3cccc(-c4cccc5sc6ccccc6c45)c3)c3ccc4ccc5sc6ccccc6c5c4c3)cc2)cc1. The molecule has 0 saturated carbocycles. The summed E-state index contributed by atoms with van der Waals surface area (Å²) in [5.74, 6) is 0. The van der Waals surface area contributed by atoms with Crippen molar-refractivity contribution < 1.29 is 0 Å². The van der Waals surface area contributed by atoms with Crippen LogP contribution in [-0.4, -0.2) is 0 Å². The summed E-state index contributed by atoms with van der Waals surface area (Å²) in [7, 11) is 0. The molecule has 10 rings (SSSR count). The zero-order valence-corrected chi connectivity index (χ0v) is 28.1. The van der Waals surface area contributed by atoms with Gasteiger partial charge in [-0.25, -0.2) is 0 Å². The van der Waals surface area contributed by atoms with E-state index in [4.69, 9.17) is 0 Å². The molecular weight excluding hydrogens is 631 g/mol. The molecule has 10 aromatic rings. The van der Waals surface area contributed by atoms with Crippen molar-refractivity contribution in [2.45, 2.75) is 0 Å². The molecule has 1 nitrogen and oxygen atoms in total. The highest BCUT2D eigenvalue weighted by Crippen LogP contribution is 2.44. The van der Waals surface area contributed by atoms with Crippen molar-refractivity contribution in [2.24, 2.45) is 0 Å². The highest BCUT2D eigenvalue weighted by atomic mass is 32.1. The third-order valence-corrected chi connectivity index (χ3v) is 11.9. The van der Waals surface area contributed by atoms with E-state index in [1.807, 2.05) is 22.7 Å². The molecule has 2 aromatic heterocycles. The van der Waals surface area contributed by atoms with Gasteiger partial charge in [0.2, 0.25) is 0 Å². The van der Waals surface area contributed by atoms with E-state index in [0.717, 1.165) is 17.1 Å². The Balaban J connectivity index is 1.18. The monoisotopic (exact) mass is 659 g/mol. The Kier molecular flexibility index (Phi) is 6.61. The summed E-state index contributed by atoms with van der Waals surface area (Å²) < 4.78 is 5.29. The average molecular weight is 660 g/mol. The van der Waals surface area contributed by atoms with Crippen LogP contribution in [0.3, 0.4) is 0 Å². The van der Waals surface area contributed by atoms with Crippen LogP contribution in [0.2, 0.25) is 0 Å². The van der Waals surface area contributed by atoms with Crippen molar-refractivity contribution in [1.82, 2.24) is 0 Å². The number of hydrogen-bond donors (Lipinski definition) is 0. The minimum absolute atomic E-state index is 1.12. The Morgan fingerprint density at radius 3 is 1.69 bits per heavy atom. The quantitative estimate of drug-likeness (QED) is 0.178. The van der Waals surface area contributed by atoms with Gasteiger partial charge in [-0.05, 0) is 93.7 Å². The van der Waals surface area contributed by atoms with E-state index in [0.29, 0.717) is 0 Å². The molecule has 0 radical (unpaired) electrons. The summed E-state index contributed by atoms with van der Waals surface area (Å²) in [6, 6.07) is 64.4. The lowest BCUT2D eigenvalue weighted by Crippen LogP contribution is -2.10. The molecule has 0 bridgehead atoms. The van der Waals surface area contributed by atoms with Gasteiger partial charge >= 0.3 is 0 Å². The van der Waals surface area contributed by atoms with Crippen LogP contribution in [0.4, 0.5) is 17.1 Å². The molecule has 0 fully saturated rings. The number of benzene rings is 8. The van der Waals surface area contributed by atoms with E-state index in [9.17, 15) is 0 Å². The standard InChI is InChI=1S/C46H29NS2/c1-2-10-30(11-3-1)31-20-24-34(25-21-31)47(36-26-22-32-23-27-44-46(40(32)29-36)39-15-5-7-18-42(39)49-44)35-13-8-12-33(28-35)37-16-9-19-43-45(37)38-14-4-6-17-41(38)48-43/h1-29H. The van der Waals surface area contributed by atoms with Crippen LogP contribution < -0.4 is 4.90 Å². The Hall–Kier alpha value is -5.74. The highest BCUT2D eigenvalue weighted by molar-refractivity contribution is 7.26. The van der Waals surface area contributed by atoms with Gasteiger partial charge in [-0.15, -0.1) is 22.7 Å². The molecule has 0 N–H and O–H groups in total. The molecule has 0 unspecified atom stereocenters. The first-order valence-corrected chi connectivity index (χ1v) is 18.2. The summed E-state index contributed by atoms with van der Waals surface area (Å²) in [4.78, 5) is 2.41. The fourth-order valence-corrected chi connectivity index (χ4v) is 9.63. The lowest BCUT2D eigenvalue weighted by Gasteiger charge is -2.27. The van der Waals surface area contributed by atoms with Crippen molar-refractivity contribution in [1.29, 1.82) is 0 Å². The third-order valence-electron chi connectivity index (χ3n) is 9.65. The summed E-state index contributed by atoms with van der Waals surface area (Å²) >= 11 is 3.74. The molecule has 0 aliphatic carbocycles. The van der Waals surface area contributed by atoms with Crippen LogP contribution in [0.15, 0.2) is 176 Å². The maximum Gasteiger partial charge on any atom is 0.0468 e. The molecular formula is C46H29NS2. The van der Waals surface area contributed by atoms with Gasteiger partial charge in [-0.2, -0.15) is 0 Å². The first-order chi connectivity index (χ1) is 24.3. The fraction of sp³-hybridized carbons (Fsp3) is 0. The third kappa shape index (κ3) is 4.74. The van der Waals surface area contributed by atoms with Crippen LogP contribution in [0, 0.1) is 0 Å². The van der Waals surface area contributed by atoms with E-state index in [2.05, 4.69) is 181 Å². The van der Waals surface area contributed by atoms with E-state index < -0.39 is 0 Å². The summed E-state index contributed by atoms with van der Waals surface area (Å²) in [5.41, 5.74) is 8.29. The van der Waals surface area contributed by atoms with Gasteiger partial charge in [0.15, 0.2) is 0 Å². The first kappa shape index (κ1) is 28.3. The predicted molar refractivity (Wildman–Crippen MR) is 215 cm³/mol. The van der Waals surface area contributed by atoms with E-state index in [1.165, 1.54) is 73.4 Å². The summed E-state index contributed by atoms with van der Waals surface area (Å²) in [6.45, 7) is 0. The fourth-order valence-electron chi connectivity index (χ4n) is 7.38. The van der Waals surface area contributed by atoms with Crippen LogP contribution in [0.1, 0.15) is 0 Å². The number of rotatable bonds is 5. The van der Waals surface area contributed by atoms with Crippen LogP contribution in [0.5, 0.6) is 0 Å². The Labute approximate surface area is 292 Å². The number of thiophene rings is 2. The minimum Gasteiger partial charge on any atom is -0.310 e. The minimum atomic E-state index is 1.12. The molecule has 0 atom stereocenters. The largest absolute Gasteiger partial charge is 0.310 e. The van der Waals surface area contributed by atoms with Crippen molar-refractivity contribution >= 4 is 90.9 Å². The molecule has 8 aromatic carbocycles. The Morgan fingerprint density at radius 1 is 0.327 bits per heavy atom. The summed E-state index contributed by atoms with van der Waals surface area (Å²) in [5, 5.41) is 7.84. The molecule has 2 heterocycles. The number of fused-ring (bicyclic) bond motifs is 8. The molecule has 0 spiro atoms. The Bertz CT molecular complexity index is 2830. The van der Waals surface area contributed by atoms with Gasteiger partial charge in [0.1, 0.15) is 0 Å². The maximum absolute atomic E-state index is 2.41. The van der Waals surface area contributed by atoms with Crippen LogP contribution in [-0.2, 0) is 0 Å². The number of hydrogen-bond acceptors (Lipinski definition) is 3. The molecule has 0 amide bonds. The zero-order valence-electron chi connectivity index (χ0n) is 26.5. The van der Waals surface area contributed by atoms with Gasteiger partial charge in [-0.3, -0.25) is 0 Å². The zero-order chi connectivity index (χ0) is 32.3. The predicted octanol–water partition coefficient (Wildman–Crippen LogP) is 14.4. The molecule has 0 aliphatic heterocycles. The van der Waals surface area contributed by atoms with Crippen LogP contribution in [0.25, 0.3) is 73.4 Å². The van der Waals surface area contributed by atoms with Gasteiger partial charge < -0.3 is 4.90 Å². The van der Waals surface area contributed by atoms with E-state index >= 15 is 0 Å². The highest BCUT2D eigenvalue weighted by Gasteiger charge is 2.18. The van der Waals surface area contributed by atoms with Crippen molar-refractivity contribution in [2.75, 3.05) is 4.90 Å². The maximum atomic E-state index is 2.41. The van der Waals surface area contributed by atoms with Gasteiger partial charge in [0.05, 0.1) is 0 Å². The second-order valence-corrected chi connectivity index (χ2v) is 14.7. The van der Waals surface area contributed by atoms with E-state index in [-0.39, 0.29) is 0 Å². The second-order valence-electron chi connectivity index (χ2n) is 12.5. The average Bonchev–Trinajstić information content (AvgIpc) is 3.75. The smallest absolute Gasteiger partial charge is 0.0468 e. The van der Waals surface area contributed by atoms with Crippen molar-refractivity contribution in [3.8, 4) is 22.3 Å². The topological polar surface area (TPSA) is 3.24 Å². The first-order valence-electron chi connectivity index (χ1n) is 16.6.